The summed E-state index contributed by atoms with van der Waals surface area (Å²) in [4.78, 5) is 0. The maximum atomic E-state index is 10.4. The highest BCUT2D eigenvalue weighted by molar-refractivity contribution is 9.10. The van der Waals surface area contributed by atoms with Crippen molar-refractivity contribution in [2.45, 2.75) is 31.8 Å². The first-order valence-corrected chi connectivity index (χ1v) is 5.88. The van der Waals surface area contributed by atoms with Crippen LogP contribution in [0.3, 0.4) is 0 Å². The molecule has 1 fully saturated rings. The van der Waals surface area contributed by atoms with Crippen molar-refractivity contribution in [2.24, 2.45) is 5.92 Å². The van der Waals surface area contributed by atoms with Gasteiger partial charge in [0.15, 0.2) is 0 Å². The summed E-state index contributed by atoms with van der Waals surface area (Å²) in [6.45, 7) is 1.93. The first-order valence-electron chi connectivity index (χ1n) is 5.09. The van der Waals surface area contributed by atoms with Crippen molar-refractivity contribution in [3.05, 3.63) is 34.3 Å². The summed E-state index contributed by atoms with van der Waals surface area (Å²) in [5.41, 5.74) is 0.393. The number of hydrogen-bond acceptors (Lipinski definition) is 1. The van der Waals surface area contributed by atoms with Gasteiger partial charge in [-0.05, 0) is 43.4 Å². The Kier molecular flexibility index (Phi) is 2.67. The summed E-state index contributed by atoms with van der Waals surface area (Å²) >= 11 is 3.40. The molecule has 14 heavy (non-hydrogen) atoms. The lowest BCUT2D eigenvalue weighted by Crippen LogP contribution is -2.36. The lowest BCUT2D eigenvalue weighted by atomic mass is 9.71. The maximum absolute atomic E-state index is 10.4. The van der Waals surface area contributed by atoms with Gasteiger partial charge in [0.25, 0.3) is 0 Å². The van der Waals surface area contributed by atoms with Crippen LogP contribution in [0.1, 0.15) is 31.7 Å². The Morgan fingerprint density at radius 2 is 1.86 bits per heavy atom. The number of benzene rings is 1. The van der Waals surface area contributed by atoms with Gasteiger partial charge in [0.05, 0.1) is 5.60 Å². The standard InChI is InChI=1S/C12H15BrO/c1-12(14,9-3-2-4-9)10-5-7-11(13)8-6-10/h5-9,14H,2-4H2,1H3. The van der Waals surface area contributed by atoms with Crippen molar-refractivity contribution in [1.29, 1.82) is 0 Å². The van der Waals surface area contributed by atoms with E-state index in [0.29, 0.717) is 5.92 Å². The van der Waals surface area contributed by atoms with Gasteiger partial charge in [0.2, 0.25) is 0 Å². The van der Waals surface area contributed by atoms with Gasteiger partial charge in [-0.2, -0.15) is 0 Å². The molecular formula is C12H15BrO. The Bertz CT molecular complexity index is 312. The van der Waals surface area contributed by atoms with E-state index in [1.54, 1.807) is 0 Å². The molecule has 1 aromatic rings. The molecule has 0 spiro atoms. The van der Waals surface area contributed by atoms with Crippen molar-refractivity contribution >= 4 is 15.9 Å². The molecule has 1 aliphatic carbocycles. The van der Waals surface area contributed by atoms with Crippen LogP contribution in [0.25, 0.3) is 0 Å². The van der Waals surface area contributed by atoms with E-state index < -0.39 is 5.60 Å². The van der Waals surface area contributed by atoms with Gasteiger partial charge < -0.3 is 5.11 Å². The van der Waals surface area contributed by atoms with E-state index in [4.69, 9.17) is 0 Å². The van der Waals surface area contributed by atoms with E-state index in [0.717, 1.165) is 22.9 Å². The van der Waals surface area contributed by atoms with Crippen LogP contribution in [0.15, 0.2) is 28.7 Å². The molecule has 1 unspecified atom stereocenters. The van der Waals surface area contributed by atoms with Gasteiger partial charge in [0.1, 0.15) is 0 Å². The fourth-order valence-corrected chi connectivity index (χ4v) is 2.26. The highest BCUT2D eigenvalue weighted by atomic mass is 79.9. The minimum absolute atomic E-state index is 0.448. The molecule has 0 aromatic heterocycles. The Labute approximate surface area is 93.3 Å². The Hall–Kier alpha value is -0.340. The van der Waals surface area contributed by atoms with Crippen molar-refractivity contribution in [3.63, 3.8) is 0 Å². The molecule has 2 rings (SSSR count). The van der Waals surface area contributed by atoms with Gasteiger partial charge in [-0.3, -0.25) is 0 Å². The van der Waals surface area contributed by atoms with Gasteiger partial charge >= 0.3 is 0 Å². The van der Waals surface area contributed by atoms with Crippen LogP contribution >= 0.6 is 15.9 Å². The van der Waals surface area contributed by atoms with E-state index in [2.05, 4.69) is 15.9 Å². The summed E-state index contributed by atoms with van der Waals surface area (Å²) in [7, 11) is 0. The fraction of sp³-hybridized carbons (Fsp3) is 0.500. The maximum Gasteiger partial charge on any atom is 0.0896 e. The summed E-state index contributed by atoms with van der Waals surface area (Å²) < 4.78 is 1.06. The number of halogens is 1. The zero-order valence-electron chi connectivity index (χ0n) is 8.33. The summed E-state index contributed by atoms with van der Waals surface area (Å²) in [6.07, 6.45) is 3.57. The first-order chi connectivity index (χ1) is 6.60. The van der Waals surface area contributed by atoms with Gasteiger partial charge in [0, 0.05) is 4.47 Å². The SMILES string of the molecule is CC(O)(c1ccc(Br)cc1)C1CCC1. The molecule has 1 N–H and O–H groups in total. The highest BCUT2D eigenvalue weighted by Crippen LogP contribution is 2.42. The molecule has 1 atom stereocenters. The average Bonchev–Trinajstić information content (AvgIpc) is 2.00. The van der Waals surface area contributed by atoms with E-state index in [1.165, 1.54) is 6.42 Å². The normalized spacial score (nSPS) is 21.4. The predicted molar refractivity (Wildman–Crippen MR) is 61.1 cm³/mol. The minimum atomic E-state index is -0.640. The summed E-state index contributed by atoms with van der Waals surface area (Å²) in [5.74, 6) is 0.448. The molecule has 0 saturated heterocycles. The quantitative estimate of drug-likeness (QED) is 0.858. The molecular weight excluding hydrogens is 240 g/mol. The second kappa shape index (κ2) is 3.67. The molecule has 1 nitrogen and oxygen atoms in total. The largest absolute Gasteiger partial charge is 0.385 e. The molecule has 2 heteroatoms. The zero-order chi connectivity index (χ0) is 10.2. The zero-order valence-corrected chi connectivity index (χ0v) is 9.92. The minimum Gasteiger partial charge on any atom is -0.385 e. The van der Waals surface area contributed by atoms with Gasteiger partial charge in [-0.25, -0.2) is 0 Å². The molecule has 1 aliphatic rings. The van der Waals surface area contributed by atoms with Crippen LogP contribution in [0.4, 0.5) is 0 Å². The van der Waals surface area contributed by atoms with Crippen molar-refractivity contribution in [1.82, 2.24) is 0 Å². The fourth-order valence-electron chi connectivity index (χ4n) is 1.99. The van der Waals surface area contributed by atoms with Crippen LogP contribution < -0.4 is 0 Å². The molecule has 0 amide bonds. The predicted octanol–water partition coefficient (Wildman–Crippen LogP) is 3.46. The van der Waals surface area contributed by atoms with Crippen LogP contribution in [-0.2, 0) is 5.60 Å². The second-order valence-corrected chi connectivity index (χ2v) is 5.20. The monoisotopic (exact) mass is 254 g/mol. The third kappa shape index (κ3) is 1.73. The van der Waals surface area contributed by atoms with Crippen molar-refractivity contribution in [3.8, 4) is 0 Å². The Balaban J connectivity index is 2.23. The van der Waals surface area contributed by atoms with E-state index >= 15 is 0 Å². The summed E-state index contributed by atoms with van der Waals surface area (Å²) in [6, 6.07) is 7.98. The topological polar surface area (TPSA) is 20.2 Å². The van der Waals surface area contributed by atoms with Crippen LogP contribution in [0.2, 0.25) is 0 Å². The van der Waals surface area contributed by atoms with Crippen LogP contribution in [-0.4, -0.2) is 5.11 Å². The Morgan fingerprint density at radius 3 is 2.29 bits per heavy atom. The van der Waals surface area contributed by atoms with Crippen LogP contribution in [0.5, 0.6) is 0 Å². The lowest BCUT2D eigenvalue weighted by Gasteiger charge is -2.39. The van der Waals surface area contributed by atoms with Crippen molar-refractivity contribution < 1.29 is 5.11 Å². The van der Waals surface area contributed by atoms with Gasteiger partial charge in [-0.15, -0.1) is 0 Å². The molecule has 1 saturated carbocycles. The number of aliphatic hydroxyl groups is 1. The van der Waals surface area contributed by atoms with Gasteiger partial charge in [-0.1, -0.05) is 34.5 Å². The number of rotatable bonds is 2. The molecule has 0 aliphatic heterocycles. The molecule has 76 valence electrons. The summed E-state index contributed by atoms with van der Waals surface area (Å²) in [5, 5.41) is 10.4. The third-order valence-corrected chi connectivity index (χ3v) is 3.86. The molecule has 0 heterocycles. The van der Waals surface area contributed by atoms with E-state index in [1.807, 2.05) is 31.2 Å². The third-order valence-electron chi connectivity index (χ3n) is 3.33. The second-order valence-electron chi connectivity index (χ2n) is 4.28. The highest BCUT2D eigenvalue weighted by Gasteiger charge is 2.37. The van der Waals surface area contributed by atoms with E-state index in [-0.39, 0.29) is 0 Å². The smallest absolute Gasteiger partial charge is 0.0896 e. The average molecular weight is 255 g/mol. The molecule has 1 aromatic carbocycles. The van der Waals surface area contributed by atoms with E-state index in [9.17, 15) is 5.11 Å². The lowest BCUT2D eigenvalue weighted by molar-refractivity contribution is -0.0399. The van der Waals surface area contributed by atoms with Crippen molar-refractivity contribution in [2.75, 3.05) is 0 Å². The Morgan fingerprint density at radius 1 is 1.29 bits per heavy atom. The van der Waals surface area contributed by atoms with Crippen LogP contribution in [0, 0.1) is 5.92 Å². The molecule has 0 radical (unpaired) electrons. The first kappa shape index (κ1) is 10.2. The molecule has 0 bridgehead atoms. The number of hydrogen-bond donors (Lipinski definition) is 1.